The number of aromatic nitrogens is 2. The molecule has 2 aromatic rings. The second-order valence-corrected chi connectivity index (χ2v) is 5.11. The fourth-order valence-corrected chi connectivity index (χ4v) is 2.03. The van der Waals surface area contributed by atoms with Crippen LogP contribution in [0.15, 0.2) is 34.8 Å². The van der Waals surface area contributed by atoms with Crippen LogP contribution in [0.25, 0.3) is 0 Å². The minimum Gasteiger partial charge on any atom is -0.473 e. The summed E-state index contributed by atoms with van der Waals surface area (Å²) in [5.41, 5.74) is 6.73. The van der Waals surface area contributed by atoms with E-state index in [-0.39, 0.29) is 5.95 Å². The second-order valence-electron chi connectivity index (χ2n) is 4.26. The lowest BCUT2D eigenvalue weighted by molar-refractivity contribution is 0.293. The number of nitrogens with two attached hydrogens (primary N) is 1. The molecule has 1 aromatic carbocycles. The van der Waals surface area contributed by atoms with Crippen molar-refractivity contribution in [1.82, 2.24) is 9.97 Å². The third-order valence-electron chi connectivity index (χ3n) is 2.61. The monoisotopic (exact) mass is 336 g/mol. The Labute approximate surface area is 126 Å². The summed E-state index contributed by atoms with van der Waals surface area (Å²) in [6.45, 7) is 3.34. The highest BCUT2D eigenvalue weighted by atomic mass is 79.9. The predicted octanol–water partition coefficient (Wildman–Crippen LogP) is 3.22. The van der Waals surface area contributed by atoms with Crippen LogP contribution in [0.5, 0.6) is 5.88 Å². The standard InChI is InChI=1S/C14H17BrN4O/c1-2-7-17-12-8-13(19-14(16)18-12)20-9-10-5-3-4-6-11(10)15/h3-6,8H,2,7,9H2,1H3,(H3,16,17,18,19). The SMILES string of the molecule is CCCNc1cc(OCc2ccccc2Br)nc(N)n1. The third kappa shape index (κ3) is 4.09. The van der Waals surface area contributed by atoms with Crippen molar-refractivity contribution < 1.29 is 4.74 Å². The topological polar surface area (TPSA) is 73.1 Å². The summed E-state index contributed by atoms with van der Waals surface area (Å²) in [5.74, 6) is 1.35. The molecule has 5 nitrogen and oxygen atoms in total. The molecule has 2 rings (SSSR count). The van der Waals surface area contributed by atoms with E-state index in [1.165, 1.54) is 0 Å². The molecule has 0 amide bonds. The van der Waals surface area contributed by atoms with E-state index in [0.29, 0.717) is 18.3 Å². The van der Waals surface area contributed by atoms with Crippen LogP contribution < -0.4 is 15.8 Å². The van der Waals surface area contributed by atoms with Gasteiger partial charge >= 0.3 is 0 Å². The molecule has 0 bridgehead atoms. The summed E-state index contributed by atoms with van der Waals surface area (Å²) in [6, 6.07) is 9.64. The number of nitrogens with zero attached hydrogens (tertiary/aromatic N) is 2. The van der Waals surface area contributed by atoms with E-state index in [1.54, 1.807) is 6.07 Å². The van der Waals surface area contributed by atoms with Crippen LogP contribution in [0.1, 0.15) is 18.9 Å². The number of halogens is 1. The Balaban J connectivity index is 2.05. The summed E-state index contributed by atoms with van der Waals surface area (Å²) in [6.07, 6.45) is 1.01. The zero-order valence-corrected chi connectivity index (χ0v) is 12.9. The highest BCUT2D eigenvalue weighted by Gasteiger charge is 2.05. The molecule has 0 atom stereocenters. The van der Waals surface area contributed by atoms with E-state index in [4.69, 9.17) is 10.5 Å². The molecular weight excluding hydrogens is 320 g/mol. The summed E-state index contributed by atoms with van der Waals surface area (Å²) < 4.78 is 6.68. The van der Waals surface area contributed by atoms with Crippen LogP contribution in [-0.4, -0.2) is 16.5 Å². The lowest BCUT2D eigenvalue weighted by Crippen LogP contribution is -2.07. The fourth-order valence-electron chi connectivity index (χ4n) is 1.63. The van der Waals surface area contributed by atoms with Crippen molar-refractivity contribution in [1.29, 1.82) is 0 Å². The lowest BCUT2D eigenvalue weighted by atomic mass is 10.2. The van der Waals surface area contributed by atoms with Gasteiger partial charge in [0.05, 0.1) is 0 Å². The van der Waals surface area contributed by atoms with Crippen LogP contribution in [0.3, 0.4) is 0 Å². The number of benzene rings is 1. The lowest BCUT2D eigenvalue weighted by Gasteiger charge is -2.09. The van der Waals surface area contributed by atoms with E-state index in [0.717, 1.165) is 23.0 Å². The van der Waals surface area contributed by atoms with Gasteiger partial charge in [0.2, 0.25) is 11.8 Å². The number of nitrogens with one attached hydrogen (secondary N) is 1. The van der Waals surface area contributed by atoms with Gasteiger partial charge in [0.15, 0.2) is 0 Å². The second kappa shape index (κ2) is 7.09. The molecule has 6 heteroatoms. The van der Waals surface area contributed by atoms with Crippen LogP contribution in [0, 0.1) is 0 Å². The molecule has 106 valence electrons. The van der Waals surface area contributed by atoms with Crippen molar-refractivity contribution >= 4 is 27.7 Å². The Morgan fingerprint density at radius 1 is 1.30 bits per heavy atom. The summed E-state index contributed by atoms with van der Waals surface area (Å²) in [5, 5.41) is 3.16. The van der Waals surface area contributed by atoms with Crippen LogP contribution in [0.4, 0.5) is 11.8 Å². The summed E-state index contributed by atoms with van der Waals surface area (Å²) in [4.78, 5) is 8.19. The first kappa shape index (κ1) is 14.6. The van der Waals surface area contributed by atoms with Crippen LogP contribution in [-0.2, 0) is 6.61 Å². The van der Waals surface area contributed by atoms with Gasteiger partial charge in [-0.15, -0.1) is 0 Å². The molecular formula is C14H17BrN4O. The third-order valence-corrected chi connectivity index (χ3v) is 3.38. The van der Waals surface area contributed by atoms with E-state index in [2.05, 4.69) is 38.1 Å². The van der Waals surface area contributed by atoms with Crippen LogP contribution in [0.2, 0.25) is 0 Å². The van der Waals surface area contributed by atoms with Gasteiger partial charge in [-0.3, -0.25) is 0 Å². The zero-order chi connectivity index (χ0) is 14.4. The van der Waals surface area contributed by atoms with Crippen molar-refractivity contribution in [2.24, 2.45) is 0 Å². The van der Waals surface area contributed by atoms with Gasteiger partial charge in [0, 0.05) is 22.6 Å². The van der Waals surface area contributed by atoms with Gasteiger partial charge in [0.1, 0.15) is 12.4 Å². The molecule has 0 fully saturated rings. The highest BCUT2D eigenvalue weighted by molar-refractivity contribution is 9.10. The maximum Gasteiger partial charge on any atom is 0.225 e. The fraction of sp³-hybridized carbons (Fsp3) is 0.286. The number of nitrogen functional groups attached to an aromatic ring is 1. The quantitative estimate of drug-likeness (QED) is 0.847. The Bertz CT molecular complexity index is 577. The van der Waals surface area contributed by atoms with Crippen molar-refractivity contribution in [2.45, 2.75) is 20.0 Å². The van der Waals surface area contributed by atoms with Crippen molar-refractivity contribution in [3.05, 3.63) is 40.4 Å². The summed E-state index contributed by atoms with van der Waals surface area (Å²) >= 11 is 3.48. The molecule has 0 aliphatic rings. The molecule has 3 N–H and O–H groups in total. The van der Waals surface area contributed by atoms with E-state index < -0.39 is 0 Å². The van der Waals surface area contributed by atoms with Crippen LogP contribution >= 0.6 is 15.9 Å². The molecule has 0 unspecified atom stereocenters. The van der Waals surface area contributed by atoms with Crippen molar-refractivity contribution in [3.8, 4) is 5.88 Å². The highest BCUT2D eigenvalue weighted by Crippen LogP contribution is 2.20. The van der Waals surface area contributed by atoms with E-state index in [1.807, 2.05) is 24.3 Å². The zero-order valence-electron chi connectivity index (χ0n) is 11.3. The molecule has 20 heavy (non-hydrogen) atoms. The Morgan fingerprint density at radius 2 is 2.10 bits per heavy atom. The smallest absolute Gasteiger partial charge is 0.225 e. The first-order chi connectivity index (χ1) is 9.69. The Hall–Kier alpha value is -1.82. The maximum atomic E-state index is 5.68. The van der Waals surface area contributed by atoms with E-state index >= 15 is 0 Å². The molecule has 0 aliphatic carbocycles. The molecule has 0 saturated heterocycles. The van der Waals surface area contributed by atoms with Gasteiger partial charge in [-0.25, -0.2) is 0 Å². The number of hydrogen-bond donors (Lipinski definition) is 2. The van der Waals surface area contributed by atoms with E-state index in [9.17, 15) is 0 Å². The van der Waals surface area contributed by atoms with Gasteiger partial charge in [-0.1, -0.05) is 41.1 Å². The molecule has 1 heterocycles. The average Bonchev–Trinajstić information content (AvgIpc) is 2.44. The van der Waals surface area contributed by atoms with Gasteiger partial charge in [-0.2, -0.15) is 9.97 Å². The Morgan fingerprint density at radius 3 is 2.85 bits per heavy atom. The number of anilines is 2. The molecule has 0 radical (unpaired) electrons. The molecule has 1 aromatic heterocycles. The number of rotatable bonds is 6. The Kier molecular flexibility index (Phi) is 5.17. The minimum absolute atomic E-state index is 0.202. The maximum absolute atomic E-state index is 5.68. The van der Waals surface area contributed by atoms with Crippen molar-refractivity contribution in [2.75, 3.05) is 17.6 Å². The predicted molar refractivity (Wildman–Crippen MR) is 83.7 cm³/mol. The normalized spacial score (nSPS) is 10.3. The summed E-state index contributed by atoms with van der Waals surface area (Å²) in [7, 11) is 0. The van der Waals surface area contributed by atoms with Gasteiger partial charge in [0.25, 0.3) is 0 Å². The molecule has 0 spiro atoms. The molecule has 0 saturated carbocycles. The first-order valence-electron chi connectivity index (χ1n) is 6.43. The van der Waals surface area contributed by atoms with Crippen molar-refractivity contribution in [3.63, 3.8) is 0 Å². The number of hydrogen-bond acceptors (Lipinski definition) is 5. The minimum atomic E-state index is 0.202. The first-order valence-corrected chi connectivity index (χ1v) is 7.23. The average molecular weight is 337 g/mol. The van der Waals surface area contributed by atoms with Gasteiger partial charge in [-0.05, 0) is 12.5 Å². The van der Waals surface area contributed by atoms with Gasteiger partial charge < -0.3 is 15.8 Å². The largest absolute Gasteiger partial charge is 0.473 e. The molecule has 0 aliphatic heterocycles. The number of ether oxygens (including phenoxy) is 1.